The Bertz CT molecular complexity index is 427. The number of rotatable bonds is 27. The van der Waals surface area contributed by atoms with Gasteiger partial charge in [-0.25, -0.2) is 0 Å². The normalized spacial score (nSPS) is 11.6. The Kier molecular flexibility index (Phi) is 27.8. The van der Waals surface area contributed by atoms with E-state index in [2.05, 4.69) is 32.9 Å². The van der Waals surface area contributed by atoms with Crippen molar-refractivity contribution < 1.29 is 9.53 Å². The van der Waals surface area contributed by atoms with Gasteiger partial charge in [0.15, 0.2) is 0 Å². The summed E-state index contributed by atoms with van der Waals surface area (Å²) in [7, 11) is 0. The summed E-state index contributed by atoms with van der Waals surface area (Å²) in [5.74, 6) is 0.885. The number of ether oxygens (including phenoxy) is 1. The predicted molar refractivity (Wildman–Crippen MR) is 151 cm³/mol. The summed E-state index contributed by atoms with van der Waals surface area (Å²) in [6.45, 7) is 7.52. The minimum atomic E-state index is 0.0128. The first-order valence-corrected chi connectivity index (χ1v) is 15.5. The Morgan fingerprint density at radius 3 is 1.56 bits per heavy atom. The van der Waals surface area contributed by atoms with Gasteiger partial charge in [-0.2, -0.15) is 0 Å². The molecule has 0 saturated carbocycles. The maximum Gasteiger partial charge on any atom is 0.305 e. The Labute approximate surface area is 215 Å². The van der Waals surface area contributed by atoms with Crippen molar-refractivity contribution in [2.75, 3.05) is 6.61 Å². The van der Waals surface area contributed by atoms with Gasteiger partial charge in [0.05, 0.1) is 6.61 Å². The Balaban J connectivity index is 3.17. The molecule has 0 aromatic rings. The van der Waals surface area contributed by atoms with Crippen molar-refractivity contribution in [2.24, 2.45) is 5.92 Å². The summed E-state index contributed by atoms with van der Waals surface area (Å²) < 4.78 is 5.40. The van der Waals surface area contributed by atoms with Crippen LogP contribution in [0.5, 0.6) is 0 Å². The van der Waals surface area contributed by atoms with E-state index in [1.165, 1.54) is 128 Å². The number of unbranched alkanes of at least 4 members (excludes halogenated alkanes) is 19. The molecule has 0 radical (unpaired) electrons. The maximum atomic E-state index is 11.8. The molecule has 0 aliphatic carbocycles. The highest BCUT2D eigenvalue weighted by molar-refractivity contribution is 5.69. The van der Waals surface area contributed by atoms with E-state index < -0.39 is 0 Å². The van der Waals surface area contributed by atoms with Crippen LogP contribution in [-0.2, 0) is 9.53 Å². The van der Waals surface area contributed by atoms with E-state index >= 15 is 0 Å². The largest absolute Gasteiger partial charge is 0.466 e. The summed E-state index contributed by atoms with van der Waals surface area (Å²) in [5.41, 5.74) is 0. The van der Waals surface area contributed by atoms with E-state index in [0.29, 0.717) is 13.0 Å². The monoisotopic (exact) mass is 478 g/mol. The molecule has 0 heterocycles. The van der Waals surface area contributed by atoms with Crippen LogP contribution in [0.3, 0.4) is 0 Å². The Morgan fingerprint density at radius 1 is 0.588 bits per heavy atom. The van der Waals surface area contributed by atoms with Crippen molar-refractivity contribution in [3.05, 3.63) is 12.2 Å². The third kappa shape index (κ3) is 29.2. The van der Waals surface area contributed by atoms with Crippen molar-refractivity contribution in [2.45, 2.75) is 175 Å². The topological polar surface area (TPSA) is 26.3 Å². The molecular weight excluding hydrogens is 416 g/mol. The van der Waals surface area contributed by atoms with Crippen LogP contribution in [0.25, 0.3) is 0 Å². The first-order chi connectivity index (χ1) is 16.7. The molecular formula is C32H62O2. The smallest absolute Gasteiger partial charge is 0.305 e. The fourth-order valence-corrected chi connectivity index (χ4v) is 4.48. The van der Waals surface area contributed by atoms with Gasteiger partial charge in [0.1, 0.15) is 0 Å². The van der Waals surface area contributed by atoms with Crippen LogP contribution >= 0.6 is 0 Å². The lowest BCUT2D eigenvalue weighted by molar-refractivity contribution is -0.143. The standard InChI is InChI=1S/C32H62O2/c1-4-5-6-7-8-9-13-17-20-23-26-29-32(33)34-30-27-24-21-18-15-12-10-11-14-16-19-22-25-28-31(2)3/h7-8,31H,4-6,9-30H2,1-3H3. The second-order valence-corrected chi connectivity index (χ2v) is 10.9. The summed E-state index contributed by atoms with van der Waals surface area (Å²) in [6.07, 6.45) is 35.4. The van der Waals surface area contributed by atoms with E-state index in [1.807, 2.05) is 0 Å². The molecule has 0 fully saturated rings. The second-order valence-electron chi connectivity index (χ2n) is 10.9. The molecule has 202 valence electrons. The first-order valence-electron chi connectivity index (χ1n) is 15.5. The van der Waals surface area contributed by atoms with Gasteiger partial charge in [0, 0.05) is 6.42 Å². The lowest BCUT2D eigenvalue weighted by atomic mass is 10.0. The predicted octanol–water partition coefficient (Wildman–Crippen LogP) is 11.1. The van der Waals surface area contributed by atoms with Crippen molar-refractivity contribution in [3.8, 4) is 0 Å². The molecule has 0 aromatic heterocycles. The molecule has 0 N–H and O–H groups in total. The molecule has 0 atom stereocenters. The minimum absolute atomic E-state index is 0.0128. The molecule has 0 saturated heterocycles. The van der Waals surface area contributed by atoms with Gasteiger partial charge in [-0.15, -0.1) is 0 Å². The van der Waals surface area contributed by atoms with Crippen molar-refractivity contribution >= 4 is 5.97 Å². The average Bonchev–Trinajstić information content (AvgIpc) is 2.82. The van der Waals surface area contributed by atoms with E-state index in [1.54, 1.807) is 0 Å². The van der Waals surface area contributed by atoms with Gasteiger partial charge in [-0.3, -0.25) is 4.79 Å². The number of hydrogen-bond acceptors (Lipinski definition) is 2. The molecule has 0 aliphatic rings. The third-order valence-electron chi connectivity index (χ3n) is 6.83. The zero-order chi connectivity index (χ0) is 25.0. The molecule has 0 unspecified atom stereocenters. The molecule has 2 nitrogen and oxygen atoms in total. The number of allylic oxidation sites excluding steroid dienone is 2. The average molecular weight is 479 g/mol. The SMILES string of the molecule is CCCCC=CCCCCCCCC(=O)OCCCCCCCCCCCCCCCC(C)C. The van der Waals surface area contributed by atoms with Crippen LogP contribution in [0.1, 0.15) is 175 Å². The summed E-state index contributed by atoms with van der Waals surface area (Å²) in [5, 5.41) is 0. The van der Waals surface area contributed by atoms with Gasteiger partial charge in [0.25, 0.3) is 0 Å². The van der Waals surface area contributed by atoms with E-state index in [0.717, 1.165) is 25.2 Å². The first kappa shape index (κ1) is 33.2. The molecule has 0 aliphatic heterocycles. The summed E-state index contributed by atoms with van der Waals surface area (Å²) >= 11 is 0. The van der Waals surface area contributed by atoms with Gasteiger partial charge >= 0.3 is 5.97 Å². The maximum absolute atomic E-state index is 11.8. The molecule has 0 amide bonds. The number of carbonyl (C=O) groups excluding carboxylic acids is 1. The Hall–Kier alpha value is -0.790. The van der Waals surface area contributed by atoms with E-state index in [9.17, 15) is 4.79 Å². The molecule has 2 heteroatoms. The number of esters is 1. The highest BCUT2D eigenvalue weighted by atomic mass is 16.5. The van der Waals surface area contributed by atoms with Crippen LogP contribution in [0.4, 0.5) is 0 Å². The lowest BCUT2D eigenvalue weighted by Gasteiger charge is -2.06. The number of hydrogen-bond donors (Lipinski definition) is 0. The minimum Gasteiger partial charge on any atom is -0.466 e. The van der Waals surface area contributed by atoms with Gasteiger partial charge in [0.2, 0.25) is 0 Å². The summed E-state index contributed by atoms with van der Waals surface area (Å²) in [4.78, 5) is 11.8. The third-order valence-corrected chi connectivity index (χ3v) is 6.83. The van der Waals surface area contributed by atoms with Gasteiger partial charge in [-0.1, -0.05) is 148 Å². The van der Waals surface area contributed by atoms with Crippen LogP contribution in [0.15, 0.2) is 12.2 Å². The van der Waals surface area contributed by atoms with Crippen molar-refractivity contribution in [3.63, 3.8) is 0 Å². The van der Waals surface area contributed by atoms with E-state index in [-0.39, 0.29) is 5.97 Å². The van der Waals surface area contributed by atoms with Crippen LogP contribution < -0.4 is 0 Å². The molecule has 34 heavy (non-hydrogen) atoms. The molecule has 0 aromatic carbocycles. The van der Waals surface area contributed by atoms with Crippen LogP contribution in [-0.4, -0.2) is 12.6 Å². The lowest BCUT2D eigenvalue weighted by Crippen LogP contribution is -2.05. The second kappa shape index (κ2) is 28.4. The molecule has 0 rings (SSSR count). The molecule has 0 spiro atoms. The highest BCUT2D eigenvalue weighted by Gasteiger charge is 2.02. The molecule has 0 bridgehead atoms. The van der Waals surface area contributed by atoms with E-state index in [4.69, 9.17) is 4.74 Å². The van der Waals surface area contributed by atoms with Gasteiger partial charge in [-0.05, 0) is 38.0 Å². The fraction of sp³-hybridized carbons (Fsp3) is 0.906. The van der Waals surface area contributed by atoms with Gasteiger partial charge < -0.3 is 4.74 Å². The van der Waals surface area contributed by atoms with Crippen LogP contribution in [0.2, 0.25) is 0 Å². The highest BCUT2D eigenvalue weighted by Crippen LogP contribution is 2.14. The zero-order valence-corrected chi connectivity index (χ0v) is 23.7. The summed E-state index contributed by atoms with van der Waals surface area (Å²) in [6, 6.07) is 0. The number of carbonyl (C=O) groups is 1. The Morgan fingerprint density at radius 2 is 1.03 bits per heavy atom. The zero-order valence-electron chi connectivity index (χ0n) is 23.7. The fourth-order valence-electron chi connectivity index (χ4n) is 4.48. The van der Waals surface area contributed by atoms with Crippen LogP contribution in [0, 0.1) is 5.92 Å². The quantitative estimate of drug-likeness (QED) is 0.0666. The van der Waals surface area contributed by atoms with Crippen molar-refractivity contribution in [1.82, 2.24) is 0 Å². The van der Waals surface area contributed by atoms with Crippen molar-refractivity contribution in [1.29, 1.82) is 0 Å².